The van der Waals surface area contributed by atoms with E-state index in [9.17, 15) is 9.59 Å². The minimum absolute atomic E-state index is 0.0134. The summed E-state index contributed by atoms with van der Waals surface area (Å²) >= 11 is 0. The van der Waals surface area contributed by atoms with Gasteiger partial charge < -0.3 is 9.15 Å². The first-order valence-corrected chi connectivity index (χ1v) is 9.49. The van der Waals surface area contributed by atoms with Gasteiger partial charge in [0.05, 0.1) is 6.04 Å². The van der Waals surface area contributed by atoms with E-state index in [1.54, 1.807) is 7.05 Å². The van der Waals surface area contributed by atoms with Crippen molar-refractivity contribution < 1.29 is 9.15 Å². The Balaban J connectivity index is 1.58. The van der Waals surface area contributed by atoms with E-state index in [-0.39, 0.29) is 23.4 Å². The predicted molar refractivity (Wildman–Crippen MR) is 96.2 cm³/mol. The van der Waals surface area contributed by atoms with Crippen LogP contribution in [0.4, 0.5) is 0 Å². The maximum absolute atomic E-state index is 12.2. The van der Waals surface area contributed by atoms with Crippen LogP contribution in [0.1, 0.15) is 61.7 Å². The molecule has 2 atom stereocenters. The molecule has 2 fully saturated rings. The Labute approximate surface area is 156 Å². The standard InChI is InChI=1S/C18H25N5O4/c1-21-12(10-15(24)22(2)18(21)25)11-23-8-4-3-6-13(23)16-19-20-17(27-16)14-7-5-9-26-14/h10,13-14H,3-9,11H2,1-2H3/t13?,14-/m1/s1. The third-order valence-corrected chi connectivity index (χ3v) is 5.55. The van der Waals surface area contributed by atoms with Crippen LogP contribution >= 0.6 is 0 Å². The molecule has 2 saturated heterocycles. The fourth-order valence-corrected chi connectivity index (χ4v) is 3.88. The largest absolute Gasteiger partial charge is 0.421 e. The number of hydrogen-bond acceptors (Lipinski definition) is 7. The minimum atomic E-state index is -0.315. The molecule has 0 bridgehead atoms. The van der Waals surface area contributed by atoms with Gasteiger partial charge >= 0.3 is 5.69 Å². The fraction of sp³-hybridized carbons (Fsp3) is 0.667. The van der Waals surface area contributed by atoms with Crippen molar-refractivity contribution in [3.8, 4) is 0 Å². The van der Waals surface area contributed by atoms with Crippen LogP contribution in [0.15, 0.2) is 20.1 Å². The van der Waals surface area contributed by atoms with Gasteiger partial charge in [0.2, 0.25) is 11.8 Å². The number of aromatic nitrogens is 4. The molecule has 9 nitrogen and oxygen atoms in total. The zero-order chi connectivity index (χ0) is 19.0. The Hall–Kier alpha value is -2.26. The molecule has 27 heavy (non-hydrogen) atoms. The summed E-state index contributed by atoms with van der Waals surface area (Å²) in [6, 6.07) is 1.51. The maximum atomic E-state index is 12.2. The quantitative estimate of drug-likeness (QED) is 0.788. The zero-order valence-electron chi connectivity index (χ0n) is 15.8. The molecule has 2 aliphatic heterocycles. The lowest BCUT2D eigenvalue weighted by Crippen LogP contribution is -2.41. The highest BCUT2D eigenvalue weighted by atomic mass is 16.5. The molecule has 0 spiro atoms. The fourth-order valence-electron chi connectivity index (χ4n) is 3.88. The van der Waals surface area contributed by atoms with Gasteiger partial charge in [-0.3, -0.25) is 18.8 Å². The van der Waals surface area contributed by atoms with Crippen molar-refractivity contribution in [1.29, 1.82) is 0 Å². The van der Waals surface area contributed by atoms with E-state index >= 15 is 0 Å². The predicted octanol–water partition coefficient (Wildman–Crippen LogP) is 1.05. The van der Waals surface area contributed by atoms with Gasteiger partial charge in [-0.2, -0.15) is 0 Å². The van der Waals surface area contributed by atoms with E-state index < -0.39 is 0 Å². The lowest BCUT2D eigenvalue weighted by Gasteiger charge is -2.33. The lowest BCUT2D eigenvalue weighted by atomic mass is 10.0. The van der Waals surface area contributed by atoms with Crippen LogP contribution in [0.25, 0.3) is 0 Å². The molecule has 4 rings (SSSR count). The van der Waals surface area contributed by atoms with E-state index in [1.165, 1.54) is 17.7 Å². The zero-order valence-corrected chi connectivity index (χ0v) is 15.8. The normalized spacial score (nSPS) is 23.8. The van der Waals surface area contributed by atoms with Gasteiger partial charge in [-0.05, 0) is 32.2 Å². The van der Waals surface area contributed by atoms with Gasteiger partial charge in [-0.1, -0.05) is 6.42 Å². The first-order valence-electron chi connectivity index (χ1n) is 9.49. The summed E-state index contributed by atoms with van der Waals surface area (Å²) in [7, 11) is 3.18. The van der Waals surface area contributed by atoms with Crippen molar-refractivity contribution >= 4 is 0 Å². The molecule has 2 aromatic rings. The summed E-state index contributed by atoms with van der Waals surface area (Å²) < 4.78 is 14.2. The Morgan fingerprint density at radius 3 is 2.67 bits per heavy atom. The Morgan fingerprint density at radius 2 is 1.89 bits per heavy atom. The van der Waals surface area contributed by atoms with Crippen LogP contribution < -0.4 is 11.2 Å². The second-order valence-electron chi connectivity index (χ2n) is 7.34. The molecular weight excluding hydrogens is 350 g/mol. The summed E-state index contributed by atoms with van der Waals surface area (Å²) in [5.74, 6) is 1.14. The first kappa shape index (κ1) is 18.1. The highest BCUT2D eigenvalue weighted by Gasteiger charge is 2.31. The number of likely N-dealkylation sites (tertiary alicyclic amines) is 1. The van der Waals surface area contributed by atoms with E-state index in [0.29, 0.717) is 24.0 Å². The van der Waals surface area contributed by atoms with Gasteiger partial charge in [0.15, 0.2) is 0 Å². The Bertz CT molecular complexity index is 925. The van der Waals surface area contributed by atoms with E-state index in [2.05, 4.69) is 15.1 Å². The number of piperidine rings is 1. The minimum Gasteiger partial charge on any atom is -0.421 e. The first-order chi connectivity index (χ1) is 13.0. The van der Waals surface area contributed by atoms with Crippen molar-refractivity contribution in [1.82, 2.24) is 24.2 Å². The molecule has 0 N–H and O–H groups in total. The molecule has 146 valence electrons. The molecule has 0 radical (unpaired) electrons. The number of rotatable bonds is 4. The highest BCUT2D eigenvalue weighted by molar-refractivity contribution is 5.04. The molecule has 4 heterocycles. The van der Waals surface area contributed by atoms with Crippen molar-refractivity contribution in [3.63, 3.8) is 0 Å². The molecule has 9 heteroatoms. The monoisotopic (exact) mass is 375 g/mol. The van der Waals surface area contributed by atoms with Gasteiger partial charge in [0, 0.05) is 39.0 Å². The second-order valence-corrected chi connectivity index (χ2v) is 7.34. The molecule has 2 aliphatic rings. The molecule has 0 aliphatic carbocycles. The molecule has 0 amide bonds. The number of ether oxygens (including phenoxy) is 1. The molecule has 0 aromatic carbocycles. The summed E-state index contributed by atoms with van der Waals surface area (Å²) in [6.07, 6.45) is 4.86. The topological polar surface area (TPSA) is 95.4 Å². The van der Waals surface area contributed by atoms with E-state index in [0.717, 1.165) is 49.8 Å². The SMILES string of the molecule is Cn1c(CN2CCCCC2c2nnc([C@H]3CCCO3)o2)cc(=O)n(C)c1=O. The molecule has 0 saturated carbocycles. The molecule has 1 unspecified atom stereocenters. The van der Waals surface area contributed by atoms with Crippen molar-refractivity contribution in [2.75, 3.05) is 13.2 Å². The summed E-state index contributed by atoms with van der Waals surface area (Å²) in [5.41, 5.74) is 0.0819. The average molecular weight is 375 g/mol. The van der Waals surface area contributed by atoms with Crippen molar-refractivity contribution in [3.05, 3.63) is 44.4 Å². The number of nitrogens with zero attached hydrogens (tertiary/aromatic N) is 5. The Morgan fingerprint density at radius 1 is 1.07 bits per heavy atom. The van der Waals surface area contributed by atoms with Crippen LogP contribution in [0.5, 0.6) is 0 Å². The van der Waals surface area contributed by atoms with Gasteiger partial charge in [0.25, 0.3) is 5.56 Å². The molecule has 2 aromatic heterocycles. The van der Waals surface area contributed by atoms with Crippen LogP contribution in [-0.4, -0.2) is 37.4 Å². The third-order valence-electron chi connectivity index (χ3n) is 5.55. The lowest BCUT2D eigenvalue weighted by molar-refractivity contribution is 0.0789. The average Bonchev–Trinajstić information content (AvgIpc) is 3.36. The Kier molecular flexibility index (Phi) is 4.96. The second kappa shape index (κ2) is 7.40. The van der Waals surface area contributed by atoms with Gasteiger partial charge in [-0.25, -0.2) is 4.79 Å². The number of hydrogen-bond donors (Lipinski definition) is 0. The van der Waals surface area contributed by atoms with Crippen molar-refractivity contribution in [2.24, 2.45) is 14.1 Å². The smallest absolute Gasteiger partial charge is 0.330 e. The highest BCUT2D eigenvalue weighted by Crippen LogP contribution is 2.34. The van der Waals surface area contributed by atoms with Crippen LogP contribution in [0, 0.1) is 0 Å². The van der Waals surface area contributed by atoms with Crippen LogP contribution in [0.2, 0.25) is 0 Å². The van der Waals surface area contributed by atoms with Gasteiger partial charge in [-0.15, -0.1) is 10.2 Å². The van der Waals surface area contributed by atoms with Crippen molar-refractivity contribution in [2.45, 2.75) is 50.8 Å². The third kappa shape index (κ3) is 3.49. The summed E-state index contributed by atoms with van der Waals surface area (Å²) in [6.45, 7) is 2.07. The van der Waals surface area contributed by atoms with Crippen LogP contribution in [-0.2, 0) is 25.4 Å². The van der Waals surface area contributed by atoms with E-state index in [1.807, 2.05) is 0 Å². The molecular formula is C18H25N5O4. The van der Waals surface area contributed by atoms with E-state index in [4.69, 9.17) is 9.15 Å². The summed E-state index contributed by atoms with van der Waals surface area (Å²) in [4.78, 5) is 26.5. The van der Waals surface area contributed by atoms with Gasteiger partial charge in [0.1, 0.15) is 6.10 Å². The van der Waals surface area contributed by atoms with Crippen LogP contribution in [0.3, 0.4) is 0 Å². The maximum Gasteiger partial charge on any atom is 0.330 e. The summed E-state index contributed by atoms with van der Waals surface area (Å²) in [5, 5.41) is 8.47.